The summed E-state index contributed by atoms with van der Waals surface area (Å²) in [5, 5.41) is 9.49. The van der Waals surface area contributed by atoms with Crippen molar-refractivity contribution in [2.45, 2.75) is 57.2 Å². The van der Waals surface area contributed by atoms with Gasteiger partial charge in [0, 0.05) is 44.0 Å². The molecule has 1 atom stereocenters. The Hall–Kier alpha value is -3.18. The fourth-order valence-corrected chi connectivity index (χ4v) is 5.78. The van der Waals surface area contributed by atoms with Gasteiger partial charge in [-0.05, 0) is 49.8 Å². The van der Waals surface area contributed by atoms with Gasteiger partial charge in [0.1, 0.15) is 11.3 Å². The number of amides is 1. The molecule has 0 bridgehead atoms. The molecule has 2 N–H and O–H groups in total. The number of carbonyl (C=O) groups is 2. The molecule has 2 aliphatic rings. The molecule has 4 rings (SSSR count). The van der Waals surface area contributed by atoms with E-state index in [2.05, 4.69) is 4.72 Å². The van der Waals surface area contributed by atoms with E-state index in [-0.39, 0.29) is 35.4 Å². The molecule has 2 heterocycles. The molecular weight excluding hydrogens is 500 g/mol. The summed E-state index contributed by atoms with van der Waals surface area (Å²) in [5.74, 6) is -1.79. The van der Waals surface area contributed by atoms with Crippen molar-refractivity contribution < 1.29 is 32.6 Å². The van der Waals surface area contributed by atoms with Gasteiger partial charge >= 0.3 is 5.97 Å². The monoisotopic (exact) mass is 532 g/mol. The van der Waals surface area contributed by atoms with E-state index in [4.69, 9.17) is 9.47 Å². The Morgan fingerprint density at radius 3 is 2.49 bits per heavy atom. The molecule has 1 amide bonds. The molecule has 10 nitrogen and oxygen atoms in total. The average Bonchev–Trinajstić information content (AvgIpc) is 3.59. The lowest BCUT2D eigenvalue weighted by Crippen LogP contribution is -2.38. The van der Waals surface area contributed by atoms with Crippen LogP contribution in [0.5, 0.6) is 5.75 Å². The summed E-state index contributed by atoms with van der Waals surface area (Å²) in [6.45, 7) is 6.31. The molecule has 37 heavy (non-hydrogen) atoms. The number of rotatable bonds is 10. The number of sulfonamides is 1. The van der Waals surface area contributed by atoms with Crippen LogP contribution in [0.4, 0.5) is 0 Å². The predicted octanol–water partition coefficient (Wildman–Crippen LogP) is 2.99. The minimum Gasteiger partial charge on any atom is -0.493 e. The Labute approximate surface area is 215 Å². The molecule has 1 aromatic carbocycles. The third-order valence-electron chi connectivity index (χ3n) is 7.17. The molecule has 1 fully saturated rings. The smallest absolute Gasteiger partial charge is 0.341 e. The lowest BCUT2D eigenvalue weighted by atomic mass is 9.86. The van der Waals surface area contributed by atoms with E-state index >= 15 is 0 Å². The first-order valence-electron chi connectivity index (χ1n) is 12.2. The summed E-state index contributed by atoms with van der Waals surface area (Å²) in [4.78, 5) is 37.5. The van der Waals surface area contributed by atoms with Crippen LogP contribution in [0.1, 0.15) is 72.4 Å². The molecule has 200 valence electrons. The van der Waals surface area contributed by atoms with Gasteiger partial charge in [-0.15, -0.1) is 0 Å². The Bertz CT molecular complexity index is 1410. The highest BCUT2D eigenvalue weighted by atomic mass is 32.2. The maximum atomic E-state index is 13.3. The summed E-state index contributed by atoms with van der Waals surface area (Å²) < 4.78 is 39.5. The highest BCUT2D eigenvalue weighted by Crippen LogP contribution is 2.43. The van der Waals surface area contributed by atoms with Crippen molar-refractivity contribution in [1.29, 1.82) is 0 Å². The first-order chi connectivity index (χ1) is 17.4. The van der Waals surface area contributed by atoms with Crippen LogP contribution in [0.25, 0.3) is 11.3 Å². The molecule has 2 aromatic rings. The van der Waals surface area contributed by atoms with Gasteiger partial charge in [0.2, 0.25) is 10.0 Å². The maximum Gasteiger partial charge on any atom is 0.341 e. The zero-order valence-corrected chi connectivity index (χ0v) is 22.2. The second kappa shape index (κ2) is 9.94. The van der Waals surface area contributed by atoms with Crippen molar-refractivity contribution in [2.75, 3.05) is 20.3 Å². The molecule has 0 radical (unpaired) electrons. The number of pyridine rings is 1. The Balaban J connectivity index is 1.84. The highest BCUT2D eigenvalue weighted by Gasteiger charge is 2.51. The lowest BCUT2D eigenvalue weighted by molar-refractivity contribution is 0.0693. The van der Waals surface area contributed by atoms with E-state index in [0.29, 0.717) is 43.5 Å². The largest absolute Gasteiger partial charge is 0.493 e. The fraction of sp³-hybridized carbons (Fsp3) is 0.500. The number of fused-ring (bicyclic) bond motifs is 3. The van der Waals surface area contributed by atoms with Gasteiger partial charge in [-0.2, -0.15) is 0 Å². The number of carbonyl (C=O) groups excluding carboxylic acids is 1. The third-order valence-corrected chi connectivity index (χ3v) is 9.33. The Morgan fingerprint density at radius 1 is 1.19 bits per heavy atom. The summed E-state index contributed by atoms with van der Waals surface area (Å²) >= 11 is 0. The van der Waals surface area contributed by atoms with Gasteiger partial charge in [0.15, 0.2) is 5.43 Å². The predicted molar refractivity (Wildman–Crippen MR) is 137 cm³/mol. The third kappa shape index (κ3) is 5.15. The second-order valence-electron chi connectivity index (χ2n) is 10.2. The van der Waals surface area contributed by atoms with Gasteiger partial charge in [0.05, 0.1) is 22.6 Å². The SMILES string of the molecule is COCCCOc1cc2c(cc1C(=O)NS(=O)(=O)C1(C)CC1)-c1cc(=O)c(C(=O)O)cn1C(C(C)C)C2. The van der Waals surface area contributed by atoms with Crippen LogP contribution in [-0.4, -0.2) is 55.0 Å². The first kappa shape index (κ1) is 26.9. The number of hydrogen-bond acceptors (Lipinski definition) is 7. The number of carboxylic acid groups (broad SMARTS) is 1. The highest BCUT2D eigenvalue weighted by molar-refractivity contribution is 7.91. The summed E-state index contributed by atoms with van der Waals surface area (Å²) in [5.41, 5.74) is 0.869. The van der Waals surface area contributed by atoms with E-state index in [1.54, 1.807) is 24.7 Å². The van der Waals surface area contributed by atoms with Gasteiger partial charge in [-0.25, -0.2) is 17.9 Å². The molecule has 1 aromatic heterocycles. The molecule has 0 spiro atoms. The number of nitrogens with zero attached hydrogens (tertiary/aromatic N) is 1. The molecule has 1 aliphatic carbocycles. The fourth-order valence-electron chi connectivity index (χ4n) is 4.54. The molecule has 1 unspecified atom stereocenters. The van der Waals surface area contributed by atoms with Crippen LogP contribution < -0.4 is 14.9 Å². The van der Waals surface area contributed by atoms with Crippen LogP contribution in [-0.2, 0) is 21.2 Å². The number of hydrogen-bond donors (Lipinski definition) is 2. The normalized spacial score (nSPS) is 17.6. The van der Waals surface area contributed by atoms with Crippen molar-refractivity contribution in [3.63, 3.8) is 0 Å². The number of benzene rings is 1. The zero-order chi connectivity index (χ0) is 27.1. The number of carboxylic acids is 1. The van der Waals surface area contributed by atoms with Gasteiger partial charge in [-0.3, -0.25) is 9.59 Å². The maximum absolute atomic E-state index is 13.3. The average molecular weight is 533 g/mol. The van der Waals surface area contributed by atoms with Crippen molar-refractivity contribution in [3.8, 4) is 17.0 Å². The van der Waals surface area contributed by atoms with Crippen molar-refractivity contribution in [1.82, 2.24) is 9.29 Å². The van der Waals surface area contributed by atoms with E-state index < -0.39 is 32.1 Å². The molecule has 11 heteroatoms. The molecule has 1 aliphatic heterocycles. The van der Waals surface area contributed by atoms with E-state index in [1.807, 2.05) is 13.8 Å². The van der Waals surface area contributed by atoms with Crippen molar-refractivity contribution in [3.05, 3.63) is 51.3 Å². The van der Waals surface area contributed by atoms with Crippen LogP contribution in [0.3, 0.4) is 0 Å². The number of ether oxygens (including phenoxy) is 2. The van der Waals surface area contributed by atoms with Gasteiger partial charge in [0.25, 0.3) is 5.91 Å². The van der Waals surface area contributed by atoms with Gasteiger partial charge in [-0.1, -0.05) is 13.8 Å². The summed E-state index contributed by atoms with van der Waals surface area (Å²) in [6.07, 6.45) is 3.36. The number of aromatic carboxylic acids is 1. The molecular formula is C26H32N2O8S. The van der Waals surface area contributed by atoms with E-state index in [0.717, 1.165) is 5.56 Å². The number of methoxy groups -OCH3 is 1. The second-order valence-corrected chi connectivity index (χ2v) is 12.4. The Morgan fingerprint density at radius 2 is 1.89 bits per heavy atom. The van der Waals surface area contributed by atoms with Crippen molar-refractivity contribution >= 4 is 21.9 Å². The van der Waals surface area contributed by atoms with Crippen LogP contribution in [0.2, 0.25) is 0 Å². The molecule has 0 saturated heterocycles. The Kier molecular flexibility index (Phi) is 7.22. The zero-order valence-electron chi connectivity index (χ0n) is 21.4. The van der Waals surface area contributed by atoms with E-state index in [1.165, 1.54) is 18.3 Å². The van der Waals surface area contributed by atoms with Crippen LogP contribution in [0.15, 0.2) is 29.2 Å². The van der Waals surface area contributed by atoms with E-state index in [9.17, 15) is 27.9 Å². The standard InChI is InChI=1S/C26H32N2O8S/c1-15(2)20-10-16-11-23(36-9-5-8-35-4)18(24(30)27-37(33,34)26(3)6-7-26)12-17(16)21-13-22(29)19(25(31)32)14-28(20)21/h11-15,20H,5-10H2,1-4H3,(H,27,30)(H,31,32). The topological polar surface area (TPSA) is 141 Å². The molecule has 1 saturated carbocycles. The quantitative estimate of drug-likeness (QED) is 0.445. The van der Waals surface area contributed by atoms with Crippen LogP contribution in [0, 0.1) is 5.92 Å². The summed E-state index contributed by atoms with van der Waals surface area (Å²) in [7, 11) is -2.33. The number of aromatic nitrogens is 1. The minimum atomic E-state index is -3.90. The van der Waals surface area contributed by atoms with Gasteiger partial charge < -0.3 is 19.1 Å². The minimum absolute atomic E-state index is 0.0216. The summed E-state index contributed by atoms with van der Waals surface area (Å²) in [6, 6.07) is 4.37. The number of nitrogens with one attached hydrogen (secondary N) is 1. The lowest BCUT2D eigenvalue weighted by Gasteiger charge is -2.34. The van der Waals surface area contributed by atoms with Crippen molar-refractivity contribution in [2.24, 2.45) is 5.92 Å². The van der Waals surface area contributed by atoms with Crippen LogP contribution >= 0.6 is 0 Å². The first-order valence-corrected chi connectivity index (χ1v) is 13.7.